The minimum Gasteiger partial charge on any atom is -0.465 e. The summed E-state index contributed by atoms with van der Waals surface area (Å²) in [6.45, 7) is 0. The maximum absolute atomic E-state index is 12.2. The summed E-state index contributed by atoms with van der Waals surface area (Å²) in [5, 5.41) is 2.78. The second kappa shape index (κ2) is 7.96. The fourth-order valence-electron chi connectivity index (χ4n) is 1.94. The van der Waals surface area contributed by atoms with Crippen molar-refractivity contribution in [3.63, 3.8) is 0 Å². The van der Waals surface area contributed by atoms with Crippen molar-refractivity contribution in [3.05, 3.63) is 57.3 Å². The lowest BCUT2D eigenvalue weighted by Crippen LogP contribution is -2.15. The van der Waals surface area contributed by atoms with Gasteiger partial charge in [0, 0.05) is 11.9 Å². The molecule has 0 aliphatic rings. The van der Waals surface area contributed by atoms with E-state index in [1.165, 1.54) is 44.7 Å². The topological polar surface area (TPSA) is 94.6 Å². The summed E-state index contributed by atoms with van der Waals surface area (Å²) < 4.78 is 9.26. The molecule has 0 aliphatic heterocycles. The van der Waals surface area contributed by atoms with E-state index in [1.54, 1.807) is 0 Å². The molecule has 0 unspecified atom stereocenters. The van der Waals surface area contributed by atoms with E-state index in [1.807, 2.05) is 0 Å². The van der Waals surface area contributed by atoms with Gasteiger partial charge < -0.3 is 14.8 Å². The number of carbonyl (C=O) groups excluding carboxylic acids is 3. The SMILES string of the molecule is COC(=O)c1ccc(NC(=O)c2cnc(Cl)c(Cl)c2)cc1C(=O)OC. The van der Waals surface area contributed by atoms with Crippen LogP contribution in [0.25, 0.3) is 0 Å². The third-order valence-corrected chi connectivity index (χ3v) is 3.83. The Hall–Kier alpha value is -2.64. The van der Waals surface area contributed by atoms with Crippen LogP contribution in [0.1, 0.15) is 31.1 Å². The molecule has 25 heavy (non-hydrogen) atoms. The van der Waals surface area contributed by atoms with E-state index < -0.39 is 17.8 Å². The van der Waals surface area contributed by atoms with Crippen molar-refractivity contribution in [2.45, 2.75) is 0 Å². The van der Waals surface area contributed by atoms with E-state index >= 15 is 0 Å². The summed E-state index contributed by atoms with van der Waals surface area (Å²) in [4.78, 5) is 39.6. The number of benzene rings is 1. The number of methoxy groups -OCH3 is 2. The molecular formula is C16H12Cl2N2O5. The highest BCUT2D eigenvalue weighted by Crippen LogP contribution is 2.22. The number of nitrogens with one attached hydrogen (secondary N) is 1. The Morgan fingerprint density at radius 2 is 1.64 bits per heavy atom. The number of esters is 2. The molecule has 0 fully saturated rings. The number of pyridine rings is 1. The molecule has 0 radical (unpaired) electrons. The third kappa shape index (κ3) is 4.26. The van der Waals surface area contributed by atoms with Gasteiger partial charge in [0.25, 0.3) is 5.91 Å². The minimum absolute atomic E-state index is 0.0172. The van der Waals surface area contributed by atoms with Crippen LogP contribution in [0, 0.1) is 0 Å². The van der Waals surface area contributed by atoms with Crippen molar-refractivity contribution in [3.8, 4) is 0 Å². The molecule has 0 saturated carbocycles. The van der Waals surface area contributed by atoms with Gasteiger partial charge in [-0.25, -0.2) is 14.6 Å². The van der Waals surface area contributed by atoms with E-state index in [4.69, 9.17) is 23.2 Å². The van der Waals surface area contributed by atoms with Crippen LogP contribution in [0.5, 0.6) is 0 Å². The third-order valence-electron chi connectivity index (χ3n) is 3.15. The number of hydrogen-bond acceptors (Lipinski definition) is 6. The summed E-state index contributed by atoms with van der Waals surface area (Å²) in [7, 11) is 2.37. The average molecular weight is 383 g/mol. The standard InChI is InChI=1S/C16H12Cl2N2O5/c1-24-15(22)10-4-3-9(6-11(10)16(23)25-2)20-14(21)8-5-12(17)13(18)19-7-8/h3-7H,1-2H3,(H,20,21). The number of aromatic nitrogens is 1. The normalized spacial score (nSPS) is 10.1. The van der Waals surface area contributed by atoms with Crippen LogP contribution < -0.4 is 5.32 Å². The van der Waals surface area contributed by atoms with Crippen LogP contribution >= 0.6 is 23.2 Å². The molecule has 130 valence electrons. The predicted octanol–water partition coefficient (Wildman–Crippen LogP) is 3.21. The molecule has 1 aromatic heterocycles. The van der Waals surface area contributed by atoms with Gasteiger partial charge in [-0.05, 0) is 24.3 Å². The zero-order chi connectivity index (χ0) is 18.6. The van der Waals surface area contributed by atoms with E-state index in [-0.39, 0.29) is 32.6 Å². The number of halogens is 2. The maximum Gasteiger partial charge on any atom is 0.338 e. The summed E-state index contributed by atoms with van der Waals surface area (Å²) in [5.41, 5.74) is 0.415. The lowest BCUT2D eigenvalue weighted by molar-refractivity contribution is 0.0555. The summed E-state index contributed by atoms with van der Waals surface area (Å²) in [5.74, 6) is -1.97. The maximum atomic E-state index is 12.2. The molecule has 2 aromatic rings. The monoisotopic (exact) mass is 382 g/mol. The van der Waals surface area contributed by atoms with Gasteiger partial charge >= 0.3 is 11.9 Å². The van der Waals surface area contributed by atoms with Gasteiger partial charge in [0.1, 0.15) is 5.15 Å². The van der Waals surface area contributed by atoms with Crippen LogP contribution in [0.3, 0.4) is 0 Å². The van der Waals surface area contributed by atoms with Crippen molar-refractivity contribution in [2.75, 3.05) is 19.5 Å². The minimum atomic E-state index is -0.743. The highest BCUT2D eigenvalue weighted by Gasteiger charge is 2.20. The van der Waals surface area contributed by atoms with Gasteiger partial charge in [0.15, 0.2) is 0 Å². The van der Waals surface area contributed by atoms with Crippen molar-refractivity contribution >= 4 is 46.7 Å². The van der Waals surface area contributed by atoms with E-state index in [9.17, 15) is 14.4 Å². The Morgan fingerprint density at radius 1 is 1.00 bits per heavy atom. The van der Waals surface area contributed by atoms with Crippen molar-refractivity contribution in [1.82, 2.24) is 4.98 Å². The van der Waals surface area contributed by atoms with E-state index in [0.29, 0.717) is 0 Å². The molecule has 1 N–H and O–H groups in total. The van der Waals surface area contributed by atoms with Crippen LogP contribution in [0.4, 0.5) is 5.69 Å². The van der Waals surface area contributed by atoms with Gasteiger partial charge in [0.05, 0.1) is 35.9 Å². The molecule has 1 aromatic carbocycles. The van der Waals surface area contributed by atoms with Crippen molar-refractivity contribution in [1.29, 1.82) is 0 Å². The fourth-order valence-corrected chi connectivity index (χ4v) is 2.21. The van der Waals surface area contributed by atoms with Crippen LogP contribution in [0.2, 0.25) is 10.2 Å². The number of carbonyl (C=O) groups is 3. The summed E-state index contributed by atoms with van der Waals surface area (Å²) in [6.07, 6.45) is 1.26. The molecule has 9 heteroatoms. The van der Waals surface area contributed by atoms with Crippen LogP contribution in [-0.2, 0) is 9.47 Å². The Balaban J connectivity index is 2.33. The molecule has 1 amide bonds. The first-order chi connectivity index (χ1) is 11.9. The first kappa shape index (κ1) is 18.7. The smallest absolute Gasteiger partial charge is 0.338 e. The number of rotatable bonds is 4. The van der Waals surface area contributed by atoms with E-state index in [2.05, 4.69) is 19.8 Å². The number of amides is 1. The van der Waals surface area contributed by atoms with Gasteiger partial charge in [-0.15, -0.1) is 0 Å². The van der Waals surface area contributed by atoms with Gasteiger partial charge in [0.2, 0.25) is 0 Å². The molecule has 1 heterocycles. The van der Waals surface area contributed by atoms with Crippen molar-refractivity contribution < 1.29 is 23.9 Å². The number of nitrogens with zero attached hydrogens (tertiary/aromatic N) is 1. The molecule has 0 aliphatic carbocycles. The fraction of sp³-hybridized carbons (Fsp3) is 0.125. The van der Waals surface area contributed by atoms with Crippen LogP contribution in [-0.4, -0.2) is 37.0 Å². The Kier molecular flexibility index (Phi) is 5.95. The lowest BCUT2D eigenvalue weighted by Gasteiger charge is -2.10. The van der Waals surface area contributed by atoms with Crippen LogP contribution in [0.15, 0.2) is 30.5 Å². The van der Waals surface area contributed by atoms with Gasteiger partial charge in [-0.3, -0.25) is 4.79 Å². The highest BCUT2D eigenvalue weighted by molar-refractivity contribution is 6.41. The Morgan fingerprint density at radius 3 is 2.24 bits per heavy atom. The molecule has 0 atom stereocenters. The first-order valence-electron chi connectivity index (χ1n) is 6.80. The molecule has 7 nitrogen and oxygen atoms in total. The number of anilines is 1. The molecule has 0 bridgehead atoms. The second-order valence-electron chi connectivity index (χ2n) is 4.69. The molecule has 0 saturated heterocycles. The second-order valence-corrected chi connectivity index (χ2v) is 5.46. The lowest BCUT2D eigenvalue weighted by atomic mass is 10.1. The van der Waals surface area contributed by atoms with Crippen molar-refractivity contribution in [2.24, 2.45) is 0 Å². The number of ether oxygens (including phenoxy) is 2. The van der Waals surface area contributed by atoms with Gasteiger partial charge in [-0.1, -0.05) is 23.2 Å². The molecule has 2 rings (SSSR count). The average Bonchev–Trinajstić information content (AvgIpc) is 2.62. The number of hydrogen-bond donors (Lipinski definition) is 1. The largest absolute Gasteiger partial charge is 0.465 e. The quantitative estimate of drug-likeness (QED) is 0.644. The zero-order valence-electron chi connectivity index (χ0n) is 13.1. The molecular weight excluding hydrogens is 371 g/mol. The predicted molar refractivity (Wildman–Crippen MR) is 91.3 cm³/mol. The Bertz CT molecular complexity index is 854. The molecule has 0 spiro atoms. The summed E-state index contributed by atoms with van der Waals surface area (Å²) >= 11 is 11.5. The summed E-state index contributed by atoms with van der Waals surface area (Å²) in [6, 6.07) is 5.46. The zero-order valence-corrected chi connectivity index (χ0v) is 14.6. The first-order valence-corrected chi connectivity index (χ1v) is 7.56. The van der Waals surface area contributed by atoms with E-state index in [0.717, 1.165) is 0 Å². The van der Waals surface area contributed by atoms with Gasteiger partial charge in [-0.2, -0.15) is 0 Å². The highest BCUT2D eigenvalue weighted by atomic mass is 35.5. The Labute approximate surface area is 152 Å².